The lowest BCUT2D eigenvalue weighted by Gasteiger charge is -2.16. The Bertz CT molecular complexity index is 132. The summed E-state index contributed by atoms with van der Waals surface area (Å²) in [5, 5.41) is 0. The Hall–Kier alpha value is 1.92. The van der Waals surface area contributed by atoms with Crippen LogP contribution in [0.25, 0.3) is 0 Å². The minimum atomic E-state index is 0.0908. The zero-order chi connectivity index (χ0) is 8.10. The number of hydrogen-bond donors (Lipinski definition) is 0. The van der Waals surface area contributed by atoms with Crippen molar-refractivity contribution in [2.45, 2.75) is 6.92 Å². The molecule has 0 aromatic heterocycles. The van der Waals surface area contributed by atoms with Gasteiger partial charge < -0.3 is 0 Å². The zero-order valence-electron chi connectivity index (χ0n) is 5.21. The molecule has 0 aromatic carbocycles. The van der Waals surface area contributed by atoms with Crippen LogP contribution in [0.15, 0.2) is 0 Å². The van der Waals surface area contributed by atoms with E-state index in [0.29, 0.717) is 0 Å². The molecule has 0 unspecified atom stereocenters. The lowest BCUT2D eigenvalue weighted by molar-refractivity contribution is -0.120. The first-order chi connectivity index (χ1) is 5.30. The fourth-order valence-electron chi connectivity index (χ4n) is 0.232. The fourth-order valence-corrected chi connectivity index (χ4v) is 15.1. The molecule has 9 heteroatoms. The number of amides is 1. The molecule has 0 aliphatic carbocycles. The maximum absolute atomic E-state index is 10.9. The molecule has 1 saturated heterocycles. The van der Waals surface area contributed by atoms with Gasteiger partial charge in [-0.3, -0.25) is 4.79 Å². The first-order valence-corrected chi connectivity index (χ1v) is 11.0. The van der Waals surface area contributed by atoms with Crippen LogP contribution in [0.1, 0.15) is 6.92 Å². The van der Waals surface area contributed by atoms with E-state index in [1.807, 2.05) is 0 Å². The molecular formula is C2H3NOS7. The van der Waals surface area contributed by atoms with Crippen molar-refractivity contribution in [1.82, 2.24) is 3.71 Å². The second-order valence-electron chi connectivity index (χ2n) is 1.27. The van der Waals surface area contributed by atoms with Crippen molar-refractivity contribution in [1.29, 1.82) is 0 Å². The van der Waals surface area contributed by atoms with E-state index >= 15 is 0 Å². The number of hydrogen-bond acceptors (Lipinski definition) is 8. The molecule has 1 heterocycles. The molecule has 1 amide bonds. The maximum atomic E-state index is 10.9. The predicted octanol–water partition coefficient (Wildman–Crippen LogP) is 4.30. The van der Waals surface area contributed by atoms with Crippen molar-refractivity contribution >= 4 is 77.0 Å². The third-order valence-electron chi connectivity index (χ3n) is 0.564. The summed E-state index contributed by atoms with van der Waals surface area (Å²) < 4.78 is 1.68. The maximum Gasteiger partial charge on any atom is 0.240 e. The Kier molecular flexibility index (Phi) is 6.38. The van der Waals surface area contributed by atoms with Crippen molar-refractivity contribution in [3.8, 4) is 0 Å². The summed E-state index contributed by atoms with van der Waals surface area (Å²) in [6.07, 6.45) is 0. The molecule has 1 aliphatic rings. The van der Waals surface area contributed by atoms with Gasteiger partial charge in [0.05, 0.1) is 0 Å². The van der Waals surface area contributed by atoms with E-state index in [1.165, 1.54) is 22.0 Å². The molecule has 1 rings (SSSR count). The number of nitrogens with zero attached hydrogens (tertiary/aromatic N) is 1. The molecule has 1 aliphatic heterocycles. The molecule has 0 spiro atoms. The third-order valence-corrected chi connectivity index (χ3v) is 13.7. The zero-order valence-corrected chi connectivity index (χ0v) is 10.9. The molecule has 0 saturated carbocycles. The lowest BCUT2D eigenvalue weighted by Crippen LogP contribution is -2.09. The van der Waals surface area contributed by atoms with Crippen LogP contribution in [0.4, 0.5) is 0 Å². The predicted molar refractivity (Wildman–Crippen MR) is 65.7 cm³/mol. The van der Waals surface area contributed by atoms with Crippen molar-refractivity contribution < 1.29 is 4.79 Å². The second kappa shape index (κ2) is 6.39. The average Bonchev–Trinajstić information content (AvgIpc) is 1.84. The van der Waals surface area contributed by atoms with Gasteiger partial charge in [-0.2, -0.15) is 0 Å². The van der Waals surface area contributed by atoms with Crippen LogP contribution in [-0.2, 0) is 4.79 Å². The van der Waals surface area contributed by atoms with E-state index in [0.717, 1.165) is 0 Å². The minimum Gasteiger partial charge on any atom is -0.273 e. The summed E-state index contributed by atoms with van der Waals surface area (Å²) in [6.45, 7) is 1.57. The molecular weight excluding hydrogens is 278 g/mol. The molecule has 11 heavy (non-hydrogen) atoms. The van der Waals surface area contributed by atoms with Crippen molar-refractivity contribution in [3.05, 3.63) is 0 Å². The van der Waals surface area contributed by atoms with Gasteiger partial charge in [0.1, 0.15) is 0 Å². The van der Waals surface area contributed by atoms with E-state index < -0.39 is 0 Å². The standard InChI is InChI=1S/C2H3NOS7/c1-2(4)3-5-7-9-11-10-8-6-3/h1H3. The largest absolute Gasteiger partial charge is 0.273 e. The monoisotopic (exact) mass is 281 g/mol. The lowest BCUT2D eigenvalue weighted by atomic mass is 10.8. The van der Waals surface area contributed by atoms with Gasteiger partial charge in [-0.05, 0) is 0 Å². The Labute approximate surface area is 91.6 Å². The van der Waals surface area contributed by atoms with Gasteiger partial charge >= 0.3 is 0 Å². The van der Waals surface area contributed by atoms with Gasteiger partial charge in [0, 0.05) is 78.0 Å². The van der Waals surface area contributed by atoms with Crippen LogP contribution in [0.3, 0.4) is 0 Å². The Morgan fingerprint density at radius 2 is 1.45 bits per heavy atom. The van der Waals surface area contributed by atoms with Crippen LogP contribution < -0.4 is 0 Å². The molecule has 0 radical (unpaired) electrons. The van der Waals surface area contributed by atoms with E-state index in [9.17, 15) is 4.79 Å². The highest BCUT2D eigenvalue weighted by molar-refractivity contribution is 9.47. The number of rotatable bonds is 0. The topological polar surface area (TPSA) is 20.3 Å². The summed E-state index contributed by atoms with van der Waals surface area (Å²) in [7, 11) is 11.3. The minimum absolute atomic E-state index is 0.0908. The SMILES string of the molecule is CC(=O)N1SSSSSSS1. The summed E-state index contributed by atoms with van der Waals surface area (Å²) in [6, 6.07) is 0. The summed E-state index contributed by atoms with van der Waals surface area (Å²) in [5.41, 5.74) is 0. The average molecular weight is 282 g/mol. The summed E-state index contributed by atoms with van der Waals surface area (Å²) in [4.78, 5) is 10.9. The van der Waals surface area contributed by atoms with E-state index in [2.05, 4.69) is 0 Å². The van der Waals surface area contributed by atoms with Gasteiger partial charge in [0.25, 0.3) is 0 Å². The van der Waals surface area contributed by atoms with Crippen molar-refractivity contribution in [3.63, 3.8) is 0 Å². The Balaban J connectivity index is 2.32. The van der Waals surface area contributed by atoms with Gasteiger partial charge in [0.2, 0.25) is 5.91 Å². The van der Waals surface area contributed by atoms with Gasteiger partial charge in [-0.25, -0.2) is 3.71 Å². The molecule has 0 N–H and O–H groups in total. The molecule has 0 bridgehead atoms. The highest BCUT2D eigenvalue weighted by Crippen LogP contribution is 2.61. The second-order valence-corrected chi connectivity index (χ2v) is 12.3. The van der Waals surface area contributed by atoms with Crippen LogP contribution >= 0.6 is 71.1 Å². The van der Waals surface area contributed by atoms with Gasteiger partial charge in [-0.1, -0.05) is 0 Å². The quantitative estimate of drug-likeness (QED) is 0.477. The smallest absolute Gasteiger partial charge is 0.240 e. The van der Waals surface area contributed by atoms with E-state index in [-0.39, 0.29) is 5.91 Å². The van der Waals surface area contributed by atoms with Crippen molar-refractivity contribution in [2.75, 3.05) is 0 Å². The molecule has 2 nitrogen and oxygen atoms in total. The first kappa shape index (κ1) is 11.0. The Morgan fingerprint density at radius 3 is 1.91 bits per heavy atom. The normalized spacial score (nSPS) is 20.6. The number of carbonyl (C=O) groups excluding carboxylic acids is 1. The van der Waals surface area contributed by atoms with Crippen LogP contribution in [0, 0.1) is 0 Å². The van der Waals surface area contributed by atoms with E-state index in [1.54, 1.807) is 59.8 Å². The molecule has 0 atom stereocenters. The van der Waals surface area contributed by atoms with Crippen LogP contribution in [0.2, 0.25) is 0 Å². The van der Waals surface area contributed by atoms with E-state index in [4.69, 9.17) is 0 Å². The first-order valence-electron chi connectivity index (χ1n) is 2.29. The van der Waals surface area contributed by atoms with Gasteiger partial charge in [-0.15, -0.1) is 0 Å². The fraction of sp³-hybridized carbons (Fsp3) is 0.500. The van der Waals surface area contributed by atoms with Crippen molar-refractivity contribution in [2.24, 2.45) is 0 Å². The molecule has 64 valence electrons. The highest BCUT2D eigenvalue weighted by Gasteiger charge is 2.14. The third kappa shape index (κ3) is 4.63. The van der Waals surface area contributed by atoms with Crippen LogP contribution in [-0.4, -0.2) is 9.62 Å². The Morgan fingerprint density at radius 1 is 1.00 bits per heavy atom. The molecule has 0 aromatic rings. The van der Waals surface area contributed by atoms with Crippen LogP contribution in [0.5, 0.6) is 0 Å². The summed E-state index contributed by atoms with van der Waals surface area (Å²) >= 11 is 0. The summed E-state index contributed by atoms with van der Waals surface area (Å²) in [5.74, 6) is 0.0908. The van der Waals surface area contributed by atoms with Gasteiger partial charge in [0.15, 0.2) is 0 Å². The molecule has 1 fully saturated rings. The highest BCUT2D eigenvalue weighted by atomic mass is 33.9. The number of carbonyl (C=O) groups is 1.